The summed E-state index contributed by atoms with van der Waals surface area (Å²) in [6.45, 7) is -0.102. The standard InChI is InChI=1S/C20H17ClF3N3O3/c1-29-16-4-3-5-17(30-2)14(16)10-25-19(28)15-11-26-27(18(15)20(22,23)24)13-8-6-12(21)7-9-13/h3-9,11H,10H2,1-2H3,(H,25,28). The second kappa shape index (κ2) is 8.66. The van der Waals surface area contributed by atoms with Crippen molar-refractivity contribution < 1.29 is 27.4 Å². The van der Waals surface area contributed by atoms with Crippen molar-refractivity contribution in [3.8, 4) is 17.2 Å². The fourth-order valence-corrected chi connectivity index (χ4v) is 3.06. The fourth-order valence-electron chi connectivity index (χ4n) is 2.93. The van der Waals surface area contributed by atoms with Crippen LogP contribution < -0.4 is 14.8 Å². The number of nitrogens with zero attached hydrogens (tertiary/aromatic N) is 2. The number of ether oxygens (including phenoxy) is 2. The maximum atomic E-state index is 13.8. The second-order valence-corrected chi connectivity index (χ2v) is 6.55. The van der Waals surface area contributed by atoms with Crippen LogP contribution in [-0.2, 0) is 12.7 Å². The monoisotopic (exact) mass is 439 g/mol. The molecule has 1 aromatic heterocycles. The Labute approximate surface area is 175 Å². The maximum absolute atomic E-state index is 13.8. The van der Waals surface area contributed by atoms with E-state index in [2.05, 4.69) is 10.4 Å². The Kier molecular flexibility index (Phi) is 6.21. The van der Waals surface area contributed by atoms with Crippen molar-refractivity contribution in [2.45, 2.75) is 12.7 Å². The fraction of sp³-hybridized carbons (Fsp3) is 0.200. The normalized spacial score (nSPS) is 11.3. The predicted octanol–water partition coefficient (Wildman–Crippen LogP) is 4.49. The minimum Gasteiger partial charge on any atom is -0.496 e. The molecule has 3 aromatic rings. The first-order chi connectivity index (χ1) is 14.3. The number of carbonyl (C=O) groups excluding carboxylic acids is 1. The van der Waals surface area contributed by atoms with E-state index in [0.29, 0.717) is 26.8 Å². The number of alkyl halides is 3. The molecule has 0 saturated heterocycles. The molecular weight excluding hydrogens is 423 g/mol. The van der Waals surface area contributed by atoms with Gasteiger partial charge in [0.15, 0.2) is 5.69 Å². The van der Waals surface area contributed by atoms with Gasteiger partial charge in [-0.1, -0.05) is 17.7 Å². The molecule has 0 radical (unpaired) electrons. The van der Waals surface area contributed by atoms with Crippen molar-refractivity contribution in [3.63, 3.8) is 0 Å². The lowest BCUT2D eigenvalue weighted by Crippen LogP contribution is -2.26. The molecule has 0 unspecified atom stereocenters. The number of amides is 1. The lowest BCUT2D eigenvalue weighted by atomic mass is 10.1. The Morgan fingerprint density at radius 2 is 1.70 bits per heavy atom. The average molecular weight is 440 g/mol. The van der Waals surface area contributed by atoms with Crippen LogP contribution >= 0.6 is 11.6 Å². The van der Waals surface area contributed by atoms with Crippen LogP contribution in [0, 0.1) is 0 Å². The minimum absolute atomic E-state index is 0.102. The largest absolute Gasteiger partial charge is 0.496 e. The van der Waals surface area contributed by atoms with Gasteiger partial charge in [0.05, 0.1) is 43.8 Å². The lowest BCUT2D eigenvalue weighted by Gasteiger charge is -2.15. The van der Waals surface area contributed by atoms with Gasteiger partial charge in [-0.3, -0.25) is 4.79 Å². The number of nitrogens with one attached hydrogen (secondary N) is 1. The maximum Gasteiger partial charge on any atom is 0.434 e. The SMILES string of the molecule is COc1cccc(OC)c1CNC(=O)c1cnn(-c2ccc(Cl)cc2)c1C(F)(F)F. The molecule has 158 valence electrons. The first-order valence-electron chi connectivity index (χ1n) is 8.65. The van der Waals surface area contributed by atoms with Gasteiger partial charge < -0.3 is 14.8 Å². The first-order valence-corrected chi connectivity index (χ1v) is 9.03. The van der Waals surface area contributed by atoms with Crippen LogP contribution in [-0.4, -0.2) is 29.9 Å². The van der Waals surface area contributed by atoms with Crippen molar-refractivity contribution in [2.24, 2.45) is 0 Å². The summed E-state index contributed by atoms with van der Waals surface area (Å²) in [4.78, 5) is 12.6. The Bertz CT molecular complexity index is 1030. The lowest BCUT2D eigenvalue weighted by molar-refractivity contribution is -0.143. The van der Waals surface area contributed by atoms with Gasteiger partial charge in [0.2, 0.25) is 0 Å². The smallest absolute Gasteiger partial charge is 0.434 e. The van der Waals surface area contributed by atoms with Gasteiger partial charge in [-0.05, 0) is 36.4 Å². The van der Waals surface area contributed by atoms with E-state index in [-0.39, 0.29) is 12.2 Å². The zero-order chi connectivity index (χ0) is 21.9. The molecule has 0 aliphatic heterocycles. The van der Waals surface area contributed by atoms with E-state index in [1.54, 1.807) is 18.2 Å². The molecule has 0 bridgehead atoms. The zero-order valence-corrected chi connectivity index (χ0v) is 16.7. The number of benzene rings is 2. The minimum atomic E-state index is -4.81. The van der Waals surface area contributed by atoms with E-state index in [9.17, 15) is 18.0 Å². The van der Waals surface area contributed by atoms with E-state index >= 15 is 0 Å². The van der Waals surface area contributed by atoms with Crippen LogP contribution in [0.3, 0.4) is 0 Å². The molecule has 6 nitrogen and oxygen atoms in total. The van der Waals surface area contributed by atoms with Crippen molar-refractivity contribution in [3.05, 3.63) is 70.5 Å². The highest BCUT2D eigenvalue weighted by molar-refractivity contribution is 6.30. The molecule has 3 rings (SSSR count). The molecule has 30 heavy (non-hydrogen) atoms. The van der Waals surface area contributed by atoms with Crippen LogP contribution in [0.2, 0.25) is 5.02 Å². The number of halogens is 4. The molecule has 0 spiro atoms. The molecule has 0 atom stereocenters. The Hall–Kier alpha value is -3.20. The zero-order valence-electron chi connectivity index (χ0n) is 16.0. The topological polar surface area (TPSA) is 65.4 Å². The molecule has 1 N–H and O–H groups in total. The second-order valence-electron chi connectivity index (χ2n) is 6.12. The number of hydrogen-bond donors (Lipinski definition) is 1. The summed E-state index contributed by atoms with van der Waals surface area (Å²) in [7, 11) is 2.88. The molecule has 10 heteroatoms. The summed E-state index contributed by atoms with van der Waals surface area (Å²) in [5, 5.41) is 6.61. The van der Waals surface area contributed by atoms with Crippen molar-refractivity contribution >= 4 is 17.5 Å². The molecule has 0 aliphatic carbocycles. The van der Waals surface area contributed by atoms with Crippen LogP contribution in [0.15, 0.2) is 48.7 Å². The number of hydrogen-bond acceptors (Lipinski definition) is 4. The summed E-state index contributed by atoms with van der Waals surface area (Å²) in [5.74, 6) is -0.0689. The third kappa shape index (κ3) is 4.35. The van der Waals surface area contributed by atoms with Gasteiger partial charge in [0.1, 0.15) is 11.5 Å². The molecule has 0 saturated carbocycles. The van der Waals surface area contributed by atoms with E-state index < -0.39 is 23.3 Å². The van der Waals surface area contributed by atoms with E-state index in [4.69, 9.17) is 21.1 Å². The summed E-state index contributed by atoms with van der Waals surface area (Å²) in [6, 6.07) is 10.6. The van der Waals surface area contributed by atoms with Crippen LogP contribution in [0.1, 0.15) is 21.6 Å². The van der Waals surface area contributed by atoms with E-state index in [0.717, 1.165) is 6.20 Å². The van der Waals surface area contributed by atoms with Crippen molar-refractivity contribution in [1.29, 1.82) is 0 Å². The number of methoxy groups -OCH3 is 2. The van der Waals surface area contributed by atoms with Crippen LogP contribution in [0.25, 0.3) is 5.69 Å². The van der Waals surface area contributed by atoms with Gasteiger partial charge in [0.25, 0.3) is 5.91 Å². The molecule has 2 aromatic carbocycles. The number of rotatable bonds is 6. The van der Waals surface area contributed by atoms with Crippen molar-refractivity contribution in [1.82, 2.24) is 15.1 Å². The van der Waals surface area contributed by atoms with Gasteiger partial charge in [-0.25, -0.2) is 4.68 Å². The first kappa shape index (κ1) is 21.5. The molecule has 0 fully saturated rings. The van der Waals surface area contributed by atoms with Gasteiger partial charge >= 0.3 is 6.18 Å². The molecule has 0 aliphatic rings. The molecular formula is C20H17ClF3N3O3. The highest BCUT2D eigenvalue weighted by atomic mass is 35.5. The van der Waals surface area contributed by atoms with Gasteiger partial charge in [-0.2, -0.15) is 18.3 Å². The van der Waals surface area contributed by atoms with Gasteiger partial charge in [-0.15, -0.1) is 0 Å². The van der Waals surface area contributed by atoms with Crippen LogP contribution in [0.5, 0.6) is 11.5 Å². The molecule has 1 amide bonds. The highest BCUT2D eigenvalue weighted by Crippen LogP contribution is 2.34. The van der Waals surface area contributed by atoms with E-state index in [1.165, 1.54) is 38.5 Å². The third-order valence-corrected chi connectivity index (χ3v) is 4.56. The molecule has 1 heterocycles. The summed E-state index contributed by atoms with van der Waals surface area (Å²) in [5.41, 5.74) is -1.17. The third-order valence-electron chi connectivity index (χ3n) is 4.31. The average Bonchev–Trinajstić information content (AvgIpc) is 3.18. The van der Waals surface area contributed by atoms with Gasteiger partial charge in [0, 0.05) is 5.02 Å². The van der Waals surface area contributed by atoms with Crippen molar-refractivity contribution in [2.75, 3.05) is 14.2 Å². The van der Waals surface area contributed by atoms with E-state index in [1.807, 2.05) is 0 Å². The van der Waals surface area contributed by atoms with Crippen LogP contribution in [0.4, 0.5) is 13.2 Å². The highest BCUT2D eigenvalue weighted by Gasteiger charge is 2.40. The summed E-state index contributed by atoms with van der Waals surface area (Å²) < 4.78 is 52.4. The number of carbonyl (C=O) groups is 1. The Balaban J connectivity index is 1.93. The number of aromatic nitrogens is 2. The Morgan fingerprint density at radius 1 is 1.10 bits per heavy atom. The quantitative estimate of drug-likeness (QED) is 0.614. The predicted molar refractivity (Wildman–Crippen MR) is 104 cm³/mol. The summed E-state index contributed by atoms with van der Waals surface area (Å²) >= 11 is 5.80. The summed E-state index contributed by atoms with van der Waals surface area (Å²) in [6.07, 6.45) is -3.93. The Morgan fingerprint density at radius 3 is 2.23 bits per heavy atom.